The van der Waals surface area contributed by atoms with Gasteiger partial charge in [0.1, 0.15) is 17.3 Å². The lowest BCUT2D eigenvalue weighted by Gasteiger charge is -2.06. The highest BCUT2D eigenvalue weighted by atomic mass is 19.1. The molecule has 21 heavy (non-hydrogen) atoms. The van der Waals surface area contributed by atoms with Crippen LogP contribution in [0.2, 0.25) is 0 Å². The highest BCUT2D eigenvalue weighted by Gasteiger charge is 2.12. The molecule has 1 aromatic heterocycles. The van der Waals surface area contributed by atoms with Gasteiger partial charge in [-0.15, -0.1) is 0 Å². The van der Waals surface area contributed by atoms with E-state index >= 15 is 0 Å². The molecule has 0 radical (unpaired) electrons. The normalized spacial score (nSPS) is 9.67. The summed E-state index contributed by atoms with van der Waals surface area (Å²) in [5, 5.41) is 2.55. The van der Waals surface area contributed by atoms with Crippen LogP contribution < -0.4 is 11.1 Å². The highest BCUT2D eigenvalue weighted by Crippen LogP contribution is 2.12. The van der Waals surface area contributed by atoms with Gasteiger partial charge in [0.2, 0.25) is 0 Å². The summed E-state index contributed by atoms with van der Waals surface area (Å²) in [6.45, 7) is 2.02. The molecule has 1 aromatic carbocycles. The predicted molar refractivity (Wildman–Crippen MR) is 79.3 cm³/mol. The van der Waals surface area contributed by atoms with Crippen molar-refractivity contribution in [1.29, 1.82) is 0 Å². The molecule has 1 heterocycles. The van der Waals surface area contributed by atoms with Crippen LogP contribution in [0.5, 0.6) is 0 Å². The average molecular weight is 283 g/mol. The minimum Gasteiger partial charge on any atom is -0.320 e. The summed E-state index contributed by atoms with van der Waals surface area (Å²) < 4.78 is 13.7. The first kappa shape index (κ1) is 14.7. The van der Waals surface area contributed by atoms with Gasteiger partial charge in [0.25, 0.3) is 5.91 Å². The van der Waals surface area contributed by atoms with E-state index in [0.717, 1.165) is 5.56 Å². The lowest BCUT2D eigenvalue weighted by Crippen LogP contribution is -2.15. The molecule has 5 heteroatoms. The monoisotopic (exact) mass is 283 g/mol. The van der Waals surface area contributed by atoms with Crippen LogP contribution in [0.1, 0.15) is 21.6 Å². The third-order valence-electron chi connectivity index (χ3n) is 2.68. The van der Waals surface area contributed by atoms with E-state index in [0.29, 0.717) is 11.5 Å². The molecule has 2 rings (SSSR count). The standard InChI is InChI=1S/C16H14FN3O/c1-11-7-8-14(17)13(10-11)16(21)20-15-6-2-4-12(19-15)5-3-9-18/h2,4,6-8,10H,9,18H2,1H3,(H,19,20,21). The van der Waals surface area contributed by atoms with Crippen molar-refractivity contribution in [2.24, 2.45) is 5.73 Å². The van der Waals surface area contributed by atoms with Crippen LogP contribution in [-0.4, -0.2) is 17.4 Å². The van der Waals surface area contributed by atoms with Crippen LogP contribution >= 0.6 is 0 Å². The second kappa shape index (κ2) is 6.64. The number of amides is 1. The molecule has 0 unspecified atom stereocenters. The topological polar surface area (TPSA) is 68.0 Å². The maximum absolute atomic E-state index is 13.7. The third kappa shape index (κ3) is 3.88. The van der Waals surface area contributed by atoms with Crippen LogP contribution in [-0.2, 0) is 0 Å². The van der Waals surface area contributed by atoms with E-state index in [1.807, 2.05) is 0 Å². The zero-order valence-corrected chi connectivity index (χ0v) is 11.5. The summed E-state index contributed by atoms with van der Waals surface area (Å²) in [5.74, 6) is 4.63. The smallest absolute Gasteiger partial charge is 0.259 e. The molecule has 4 nitrogen and oxygen atoms in total. The van der Waals surface area contributed by atoms with Gasteiger partial charge in [0.15, 0.2) is 0 Å². The number of pyridine rings is 1. The largest absolute Gasteiger partial charge is 0.320 e. The zero-order chi connectivity index (χ0) is 15.2. The van der Waals surface area contributed by atoms with Crippen LogP contribution in [0.15, 0.2) is 36.4 Å². The molecule has 0 saturated carbocycles. The molecule has 1 amide bonds. The molecular formula is C16H14FN3O. The van der Waals surface area contributed by atoms with Gasteiger partial charge in [0.05, 0.1) is 12.1 Å². The Morgan fingerprint density at radius 1 is 1.38 bits per heavy atom. The molecule has 3 N–H and O–H groups in total. The fourth-order valence-corrected chi connectivity index (χ4v) is 1.71. The second-order valence-corrected chi connectivity index (χ2v) is 4.35. The summed E-state index contributed by atoms with van der Waals surface area (Å²) in [7, 11) is 0. The van der Waals surface area contributed by atoms with Crippen molar-refractivity contribution in [2.45, 2.75) is 6.92 Å². The van der Waals surface area contributed by atoms with Gasteiger partial charge in [-0.05, 0) is 37.1 Å². The van der Waals surface area contributed by atoms with Gasteiger partial charge in [-0.2, -0.15) is 0 Å². The SMILES string of the molecule is Cc1ccc(F)c(C(=O)Nc2cccc(C#CCN)n2)c1. The molecule has 2 aromatic rings. The van der Waals surface area contributed by atoms with Crippen molar-refractivity contribution < 1.29 is 9.18 Å². The van der Waals surface area contributed by atoms with E-state index in [2.05, 4.69) is 22.1 Å². The highest BCUT2D eigenvalue weighted by molar-refractivity contribution is 6.04. The number of aromatic nitrogens is 1. The Bertz CT molecular complexity index is 732. The fourth-order valence-electron chi connectivity index (χ4n) is 1.71. The Balaban J connectivity index is 2.21. The number of anilines is 1. The molecular weight excluding hydrogens is 269 g/mol. The Morgan fingerprint density at radius 3 is 2.95 bits per heavy atom. The first-order valence-electron chi connectivity index (χ1n) is 6.33. The molecule has 0 fully saturated rings. The molecule has 0 saturated heterocycles. The minimum absolute atomic E-state index is 0.0183. The van der Waals surface area contributed by atoms with Gasteiger partial charge < -0.3 is 11.1 Å². The fraction of sp³-hybridized carbons (Fsp3) is 0.125. The molecule has 0 bridgehead atoms. The number of aryl methyl sites for hydroxylation is 1. The Labute approximate surface area is 122 Å². The number of hydrogen-bond donors (Lipinski definition) is 2. The van der Waals surface area contributed by atoms with E-state index < -0.39 is 11.7 Å². The van der Waals surface area contributed by atoms with Crippen molar-refractivity contribution in [1.82, 2.24) is 4.98 Å². The number of nitrogens with zero attached hydrogens (tertiary/aromatic N) is 1. The number of halogens is 1. The van der Waals surface area contributed by atoms with Gasteiger partial charge in [-0.25, -0.2) is 9.37 Å². The average Bonchev–Trinajstić information content (AvgIpc) is 2.48. The maximum Gasteiger partial charge on any atom is 0.259 e. The molecule has 106 valence electrons. The molecule has 0 aliphatic heterocycles. The summed E-state index contributed by atoms with van der Waals surface area (Å²) >= 11 is 0. The maximum atomic E-state index is 13.7. The summed E-state index contributed by atoms with van der Waals surface area (Å²) in [6.07, 6.45) is 0. The third-order valence-corrected chi connectivity index (χ3v) is 2.68. The predicted octanol–water partition coefficient (Wildman–Crippen LogP) is 2.09. The minimum atomic E-state index is -0.572. The number of hydrogen-bond acceptors (Lipinski definition) is 3. The quantitative estimate of drug-likeness (QED) is 0.829. The van der Waals surface area contributed by atoms with Crippen molar-refractivity contribution in [3.8, 4) is 11.8 Å². The summed E-state index contributed by atoms with van der Waals surface area (Å²) in [4.78, 5) is 16.2. The van der Waals surface area contributed by atoms with Crippen LogP contribution in [0, 0.1) is 24.6 Å². The number of benzene rings is 1. The van der Waals surface area contributed by atoms with E-state index in [1.54, 1.807) is 31.2 Å². The Kier molecular flexibility index (Phi) is 4.64. The first-order valence-corrected chi connectivity index (χ1v) is 6.33. The molecule has 0 aliphatic carbocycles. The zero-order valence-electron chi connectivity index (χ0n) is 11.5. The summed E-state index contributed by atoms with van der Waals surface area (Å²) in [5.41, 5.74) is 6.56. The number of nitrogens with two attached hydrogens (primary N) is 1. The van der Waals surface area contributed by atoms with Gasteiger partial charge in [-0.3, -0.25) is 4.79 Å². The van der Waals surface area contributed by atoms with Crippen molar-refractivity contribution in [3.05, 3.63) is 59.0 Å². The van der Waals surface area contributed by atoms with Crippen LogP contribution in [0.25, 0.3) is 0 Å². The number of nitrogens with one attached hydrogen (secondary N) is 1. The number of rotatable bonds is 2. The molecule has 0 atom stereocenters. The number of carbonyl (C=O) groups is 1. The summed E-state index contributed by atoms with van der Waals surface area (Å²) in [6, 6.07) is 9.37. The van der Waals surface area contributed by atoms with Crippen molar-refractivity contribution in [2.75, 3.05) is 11.9 Å². The van der Waals surface area contributed by atoms with E-state index in [1.165, 1.54) is 12.1 Å². The van der Waals surface area contributed by atoms with Gasteiger partial charge in [0, 0.05) is 0 Å². The number of carbonyl (C=O) groups excluding carboxylic acids is 1. The van der Waals surface area contributed by atoms with E-state index in [9.17, 15) is 9.18 Å². The van der Waals surface area contributed by atoms with Crippen molar-refractivity contribution in [3.63, 3.8) is 0 Å². The molecule has 0 aliphatic rings. The molecule has 0 spiro atoms. The lowest BCUT2D eigenvalue weighted by atomic mass is 10.1. The Morgan fingerprint density at radius 2 is 2.19 bits per heavy atom. The Hall–Kier alpha value is -2.71. The van der Waals surface area contributed by atoms with E-state index in [-0.39, 0.29) is 12.1 Å². The van der Waals surface area contributed by atoms with Crippen LogP contribution in [0.3, 0.4) is 0 Å². The van der Waals surface area contributed by atoms with Gasteiger partial charge in [-0.1, -0.05) is 23.6 Å². The second-order valence-electron chi connectivity index (χ2n) is 4.35. The van der Waals surface area contributed by atoms with Gasteiger partial charge >= 0.3 is 0 Å². The van der Waals surface area contributed by atoms with E-state index in [4.69, 9.17) is 5.73 Å². The lowest BCUT2D eigenvalue weighted by molar-refractivity contribution is 0.102. The van der Waals surface area contributed by atoms with Crippen molar-refractivity contribution >= 4 is 11.7 Å². The van der Waals surface area contributed by atoms with Crippen LogP contribution in [0.4, 0.5) is 10.2 Å². The first-order chi connectivity index (χ1) is 10.1.